The second-order valence-corrected chi connectivity index (χ2v) is 0. The van der Waals surface area contributed by atoms with Crippen LogP contribution in [0.15, 0.2) is 0 Å². The van der Waals surface area contributed by atoms with Crippen LogP contribution in [0, 0.1) is 0 Å². The van der Waals surface area contributed by atoms with Crippen LogP contribution in [-0.2, 0) is 27.7 Å². The van der Waals surface area contributed by atoms with Crippen molar-refractivity contribution < 1.29 is 27.7 Å². The predicted molar refractivity (Wildman–Crippen MR) is 17.3 cm³/mol. The average Bonchev–Trinajstić information content (AvgIpc) is 0. The van der Waals surface area contributed by atoms with Crippen molar-refractivity contribution in [2.75, 3.05) is 0 Å². The maximum absolute atomic E-state index is 0. The topological polar surface area (TPSA) is 0 Å². The summed E-state index contributed by atoms with van der Waals surface area (Å²) >= 11 is 0. The molecule has 0 amide bonds. The number of rotatable bonds is 0. The van der Waals surface area contributed by atoms with E-state index in [-0.39, 0.29) is 105 Å². The Balaban J connectivity index is 0. The maximum Gasteiger partial charge on any atom is 0 e. The van der Waals surface area contributed by atoms with Gasteiger partial charge in [-0.15, -0.1) is 0 Å². The molecule has 11 radical (unpaired) electrons. The number of hydrogen-bond donors (Lipinski definition) is 0. The monoisotopic (exact) mass is 739 g/mol. The van der Waals surface area contributed by atoms with Gasteiger partial charge >= 0.3 is 0 Å². The minimum Gasteiger partial charge on any atom is 0 e. The van der Waals surface area contributed by atoms with E-state index < -0.39 is 0 Å². The smallest absolute Gasteiger partial charge is 0 e. The van der Waals surface area contributed by atoms with Crippen LogP contribution in [0.4, 0.5) is 0 Å². The van der Waals surface area contributed by atoms with Crippen molar-refractivity contribution in [2.45, 2.75) is 0 Å². The van der Waals surface area contributed by atoms with Gasteiger partial charge in [0.15, 0.2) is 0 Å². The summed E-state index contributed by atoms with van der Waals surface area (Å²) in [6.07, 6.45) is 0. The van der Waals surface area contributed by atoms with Gasteiger partial charge in [0.25, 0.3) is 0 Å². The van der Waals surface area contributed by atoms with Crippen molar-refractivity contribution in [2.24, 2.45) is 0 Å². The second-order valence-electron chi connectivity index (χ2n) is 0. The van der Waals surface area contributed by atoms with Crippen molar-refractivity contribution in [3.63, 3.8) is 0 Å². The average molecular weight is 735 g/mol. The SMILES string of the molecule is [Bi].[Hg].[Pb].[Sn]. The summed E-state index contributed by atoms with van der Waals surface area (Å²) in [5.41, 5.74) is 0. The van der Waals surface area contributed by atoms with Crippen molar-refractivity contribution in [1.29, 1.82) is 0 Å². The zero-order valence-corrected chi connectivity index (χ0v) is 17.9. The van der Waals surface area contributed by atoms with E-state index >= 15 is 0 Å². The molecule has 0 fully saturated rings. The standard InChI is InChI=1S/Bi.Hg.Pb.Sn. The molecule has 0 aliphatic rings. The summed E-state index contributed by atoms with van der Waals surface area (Å²) in [6.45, 7) is 0. The molecule has 0 saturated carbocycles. The quantitative estimate of drug-likeness (QED) is 0.277. The van der Waals surface area contributed by atoms with Crippen LogP contribution in [0.25, 0.3) is 0 Å². The summed E-state index contributed by atoms with van der Waals surface area (Å²) in [4.78, 5) is 0. The molecule has 0 aromatic rings. The molecule has 0 aliphatic heterocycles. The molecule has 0 aromatic carbocycles. The van der Waals surface area contributed by atoms with E-state index in [0.717, 1.165) is 0 Å². The molecule has 0 rings (SSSR count). The third kappa shape index (κ3) is 9.11. The molecule has 0 aliphatic carbocycles. The summed E-state index contributed by atoms with van der Waals surface area (Å²) in [5.74, 6) is 0. The molecule has 15 valence electrons. The Morgan fingerprint density at radius 3 is 1.00 bits per heavy atom. The van der Waals surface area contributed by atoms with Crippen LogP contribution in [0.5, 0.6) is 0 Å². The van der Waals surface area contributed by atoms with E-state index in [2.05, 4.69) is 0 Å². The molecule has 0 aromatic heterocycles. The van der Waals surface area contributed by atoms with Crippen molar-refractivity contribution >= 4 is 77.4 Å². The van der Waals surface area contributed by atoms with Crippen molar-refractivity contribution in [3.05, 3.63) is 0 Å². The molecule has 0 saturated heterocycles. The predicted octanol–water partition coefficient (Wildman–Crippen LogP) is -1.14. The zero-order valence-electron chi connectivity index (χ0n) is 2.15. The van der Waals surface area contributed by atoms with Gasteiger partial charge < -0.3 is 0 Å². The van der Waals surface area contributed by atoms with Gasteiger partial charge in [-0.2, -0.15) is 0 Å². The first-order valence-corrected chi connectivity index (χ1v) is 0. The Hall–Kier alpha value is 3.54. The van der Waals surface area contributed by atoms with Gasteiger partial charge in [0.05, 0.1) is 0 Å². The third-order valence-corrected chi connectivity index (χ3v) is 0. The van der Waals surface area contributed by atoms with Gasteiger partial charge in [0.2, 0.25) is 0 Å². The molecule has 0 nitrogen and oxygen atoms in total. The van der Waals surface area contributed by atoms with Crippen LogP contribution in [0.1, 0.15) is 0 Å². The second kappa shape index (κ2) is 16.0. The Labute approximate surface area is 103 Å². The first-order chi connectivity index (χ1) is 0. The van der Waals surface area contributed by atoms with Gasteiger partial charge in [-0.25, -0.2) is 0 Å². The molecule has 4 heavy (non-hydrogen) atoms. The van der Waals surface area contributed by atoms with Gasteiger partial charge in [0, 0.05) is 105 Å². The molecule has 0 heterocycles. The first kappa shape index (κ1) is 25.7. The minimum atomic E-state index is 0. The largest absolute Gasteiger partial charge is 0 e. The van der Waals surface area contributed by atoms with Crippen LogP contribution < -0.4 is 0 Å². The molecule has 0 unspecified atom stereocenters. The summed E-state index contributed by atoms with van der Waals surface area (Å²) in [6, 6.07) is 0. The van der Waals surface area contributed by atoms with E-state index in [1.165, 1.54) is 0 Å². The molecule has 0 spiro atoms. The Morgan fingerprint density at radius 2 is 1.00 bits per heavy atom. The maximum atomic E-state index is 0. The normalized spacial score (nSPS) is 0. The van der Waals surface area contributed by atoms with Gasteiger partial charge in [-0.3, -0.25) is 0 Å². The number of hydrogen-bond acceptors (Lipinski definition) is 0. The fourth-order valence-electron chi connectivity index (χ4n) is 0. The molecular weight excluding hydrogens is 735 g/mol. The molecular formula is BiHgPbSn. The Morgan fingerprint density at radius 1 is 1.00 bits per heavy atom. The minimum absolute atomic E-state index is 0. The molecule has 0 atom stereocenters. The summed E-state index contributed by atoms with van der Waals surface area (Å²) in [5, 5.41) is 0. The summed E-state index contributed by atoms with van der Waals surface area (Å²) in [7, 11) is 0. The van der Waals surface area contributed by atoms with E-state index in [1.54, 1.807) is 0 Å². The van der Waals surface area contributed by atoms with Gasteiger partial charge in [-0.05, 0) is 0 Å². The van der Waals surface area contributed by atoms with E-state index in [4.69, 9.17) is 0 Å². The fraction of sp³-hybridized carbons (Fsp3) is 0. The molecule has 0 N–H and O–H groups in total. The van der Waals surface area contributed by atoms with Crippen molar-refractivity contribution in [3.8, 4) is 0 Å². The van der Waals surface area contributed by atoms with Crippen LogP contribution in [0.2, 0.25) is 0 Å². The Bertz CT molecular complexity index is 8.00. The zero-order chi connectivity index (χ0) is 0. The molecule has 4 heteroatoms. The van der Waals surface area contributed by atoms with Gasteiger partial charge in [-0.1, -0.05) is 0 Å². The Kier molecular flexibility index (Phi) is 103. The van der Waals surface area contributed by atoms with Gasteiger partial charge in [0.1, 0.15) is 0 Å². The van der Waals surface area contributed by atoms with E-state index in [0.29, 0.717) is 0 Å². The summed E-state index contributed by atoms with van der Waals surface area (Å²) < 4.78 is 0. The third-order valence-electron chi connectivity index (χ3n) is 0. The van der Waals surface area contributed by atoms with Crippen LogP contribution in [-0.4, -0.2) is 77.4 Å². The first-order valence-electron chi connectivity index (χ1n) is 0. The fourth-order valence-corrected chi connectivity index (χ4v) is 0. The van der Waals surface area contributed by atoms with E-state index in [9.17, 15) is 0 Å². The van der Waals surface area contributed by atoms with Crippen molar-refractivity contribution in [1.82, 2.24) is 0 Å². The van der Waals surface area contributed by atoms with Crippen LogP contribution in [0.3, 0.4) is 0 Å². The van der Waals surface area contributed by atoms with Crippen LogP contribution >= 0.6 is 0 Å². The molecule has 0 bridgehead atoms. The van der Waals surface area contributed by atoms with E-state index in [1.807, 2.05) is 0 Å².